The predicted molar refractivity (Wildman–Crippen MR) is 129 cm³/mol. The molecule has 1 heterocycles. The molecule has 0 aromatic heterocycles. The van der Waals surface area contributed by atoms with Gasteiger partial charge in [-0.05, 0) is 60.2 Å². The number of aryl methyl sites for hydroxylation is 1. The van der Waals surface area contributed by atoms with Crippen LogP contribution in [0.15, 0.2) is 42.0 Å². The summed E-state index contributed by atoms with van der Waals surface area (Å²) in [6, 6.07) is 9.51. The van der Waals surface area contributed by atoms with Crippen molar-refractivity contribution in [3.63, 3.8) is 0 Å². The Morgan fingerprint density at radius 1 is 1.18 bits per heavy atom. The van der Waals surface area contributed by atoms with Gasteiger partial charge < -0.3 is 19.5 Å². The largest absolute Gasteiger partial charge is 0.507 e. The number of hydrogen-bond donors (Lipinski definition) is 1. The number of aliphatic hydroxyl groups is 1. The summed E-state index contributed by atoms with van der Waals surface area (Å²) >= 11 is 0. The fourth-order valence-electron chi connectivity index (χ4n) is 4.34. The number of ketones is 1. The highest BCUT2D eigenvalue weighted by molar-refractivity contribution is 6.46. The van der Waals surface area contributed by atoms with E-state index in [1.807, 2.05) is 39.8 Å². The molecular weight excluding hydrogens is 434 g/mol. The molecule has 1 atom stereocenters. The number of carbonyl (C=O) groups is 3. The van der Waals surface area contributed by atoms with Crippen molar-refractivity contribution in [3.05, 3.63) is 64.2 Å². The van der Waals surface area contributed by atoms with Crippen molar-refractivity contribution >= 4 is 23.4 Å². The normalized spacial score (nSPS) is 17.4. The Kier molecular flexibility index (Phi) is 7.44. The highest BCUT2D eigenvalue weighted by Crippen LogP contribution is 2.42. The number of methoxy groups -OCH3 is 1. The first kappa shape index (κ1) is 25.0. The molecule has 34 heavy (non-hydrogen) atoms. The van der Waals surface area contributed by atoms with E-state index < -0.39 is 23.7 Å². The van der Waals surface area contributed by atoms with Crippen LogP contribution >= 0.6 is 0 Å². The van der Waals surface area contributed by atoms with Crippen LogP contribution in [0.5, 0.6) is 11.5 Å². The van der Waals surface area contributed by atoms with Crippen molar-refractivity contribution in [2.75, 3.05) is 13.7 Å². The summed E-state index contributed by atoms with van der Waals surface area (Å²) in [7, 11) is 1.59. The molecule has 180 valence electrons. The summed E-state index contributed by atoms with van der Waals surface area (Å²) < 4.78 is 10.7. The van der Waals surface area contributed by atoms with E-state index in [0.29, 0.717) is 41.2 Å². The summed E-state index contributed by atoms with van der Waals surface area (Å²) in [5.74, 6) is -1.01. The molecule has 1 unspecified atom stereocenters. The average molecular weight is 466 g/mol. The lowest BCUT2D eigenvalue weighted by Crippen LogP contribution is -2.30. The highest BCUT2D eigenvalue weighted by Gasteiger charge is 2.46. The molecule has 0 radical (unpaired) electrons. The molecule has 0 saturated carbocycles. The maximum absolute atomic E-state index is 13.2. The molecule has 1 amide bonds. The van der Waals surface area contributed by atoms with E-state index in [9.17, 15) is 19.5 Å². The first-order valence-electron chi connectivity index (χ1n) is 11.4. The number of Topliss-reactive ketones (excluding diaryl/α,β-unsaturated/α-hetero) is 1. The number of carbonyl (C=O) groups excluding carboxylic acids is 3. The van der Waals surface area contributed by atoms with Crippen LogP contribution in [-0.2, 0) is 14.4 Å². The number of hydrogen-bond acceptors (Lipinski definition) is 6. The smallest absolute Gasteiger partial charge is 0.308 e. The van der Waals surface area contributed by atoms with Crippen LogP contribution in [0, 0.1) is 6.92 Å². The van der Waals surface area contributed by atoms with Crippen LogP contribution in [-0.4, -0.2) is 41.3 Å². The molecule has 2 aromatic rings. The van der Waals surface area contributed by atoms with Gasteiger partial charge in [0.2, 0.25) is 0 Å². The molecule has 1 aliphatic heterocycles. The molecule has 1 saturated heterocycles. The maximum Gasteiger partial charge on any atom is 0.308 e. The molecule has 1 aliphatic rings. The molecule has 1 N–H and O–H groups in total. The second kappa shape index (κ2) is 10.1. The number of ether oxygens (including phenoxy) is 2. The Labute approximate surface area is 200 Å². The second-order valence-electron chi connectivity index (χ2n) is 8.72. The summed E-state index contributed by atoms with van der Waals surface area (Å²) in [4.78, 5) is 39.1. The third-order valence-corrected chi connectivity index (χ3v) is 5.89. The first-order valence-corrected chi connectivity index (χ1v) is 11.4. The number of nitrogens with zero attached hydrogens (tertiary/aromatic N) is 1. The summed E-state index contributed by atoms with van der Waals surface area (Å²) in [5.41, 5.74) is 2.66. The Bertz CT molecular complexity index is 1160. The van der Waals surface area contributed by atoms with E-state index in [1.165, 1.54) is 11.8 Å². The van der Waals surface area contributed by atoms with Crippen molar-refractivity contribution in [2.45, 2.75) is 53.0 Å². The lowest BCUT2D eigenvalue weighted by atomic mass is 9.91. The van der Waals surface area contributed by atoms with Gasteiger partial charge in [-0.2, -0.15) is 0 Å². The molecule has 0 bridgehead atoms. The number of aliphatic hydroxyl groups excluding tert-OH is 1. The second-order valence-corrected chi connectivity index (χ2v) is 8.72. The topological polar surface area (TPSA) is 93.1 Å². The zero-order valence-corrected chi connectivity index (χ0v) is 20.5. The molecule has 1 fully saturated rings. The van der Waals surface area contributed by atoms with Gasteiger partial charge in [0.05, 0.1) is 18.7 Å². The molecule has 0 spiro atoms. The van der Waals surface area contributed by atoms with Gasteiger partial charge in [-0.3, -0.25) is 14.4 Å². The lowest BCUT2D eigenvalue weighted by molar-refractivity contribution is -0.139. The number of likely N-dealkylation sites (tertiary alicyclic amines) is 1. The van der Waals surface area contributed by atoms with E-state index >= 15 is 0 Å². The lowest BCUT2D eigenvalue weighted by Gasteiger charge is -2.25. The van der Waals surface area contributed by atoms with Crippen molar-refractivity contribution in [1.29, 1.82) is 0 Å². The molecule has 2 aromatic carbocycles. The molecule has 7 heteroatoms. The molecular formula is C27H31NO6. The monoisotopic (exact) mass is 465 g/mol. The number of rotatable bonds is 7. The van der Waals surface area contributed by atoms with Crippen LogP contribution in [0.2, 0.25) is 0 Å². The minimum Gasteiger partial charge on any atom is -0.507 e. The van der Waals surface area contributed by atoms with Crippen molar-refractivity contribution < 1.29 is 29.0 Å². The Balaban J connectivity index is 2.25. The zero-order chi connectivity index (χ0) is 25.2. The minimum atomic E-state index is -0.806. The summed E-state index contributed by atoms with van der Waals surface area (Å²) in [6.45, 7) is 9.39. The Morgan fingerprint density at radius 2 is 1.88 bits per heavy atom. The maximum atomic E-state index is 13.2. The number of amides is 1. The van der Waals surface area contributed by atoms with Crippen molar-refractivity contribution in [3.8, 4) is 11.5 Å². The van der Waals surface area contributed by atoms with Gasteiger partial charge in [0.15, 0.2) is 0 Å². The summed E-state index contributed by atoms with van der Waals surface area (Å²) in [6.07, 6.45) is 0.631. The predicted octanol–water partition coefficient (Wildman–Crippen LogP) is 4.88. The van der Waals surface area contributed by atoms with E-state index in [-0.39, 0.29) is 17.3 Å². The van der Waals surface area contributed by atoms with Crippen LogP contribution in [0.25, 0.3) is 5.76 Å². The summed E-state index contributed by atoms with van der Waals surface area (Å²) in [5, 5.41) is 11.4. The van der Waals surface area contributed by atoms with Crippen LogP contribution in [0.1, 0.15) is 68.3 Å². The van der Waals surface area contributed by atoms with Crippen LogP contribution in [0.4, 0.5) is 0 Å². The number of benzene rings is 2. The van der Waals surface area contributed by atoms with E-state index in [2.05, 4.69) is 0 Å². The van der Waals surface area contributed by atoms with E-state index in [1.54, 1.807) is 31.4 Å². The van der Waals surface area contributed by atoms with E-state index in [4.69, 9.17) is 9.47 Å². The molecule has 7 nitrogen and oxygen atoms in total. The van der Waals surface area contributed by atoms with Crippen LogP contribution in [0.3, 0.4) is 0 Å². The van der Waals surface area contributed by atoms with Crippen LogP contribution < -0.4 is 9.47 Å². The molecule has 3 rings (SSSR count). The van der Waals surface area contributed by atoms with Gasteiger partial charge >= 0.3 is 5.97 Å². The van der Waals surface area contributed by atoms with Gasteiger partial charge in [0, 0.05) is 19.0 Å². The minimum absolute atomic E-state index is 0.0152. The SMILES string of the molecule is CCCN1C(=O)C(=O)/C(=C(/O)c2cc(C(C)C)c(OC)cc2C)C1c1cccc(OC(C)=O)c1. The fourth-order valence-corrected chi connectivity index (χ4v) is 4.34. The van der Waals surface area contributed by atoms with Gasteiger partial charge in [-0.25, -0.2) is 0 Å². The third-order valence-electron chi connectivity index (χ3n) is 5.89. The van der Waals surface area contributed by atoms with Gasteiger partial charge in [0.1, 0.15) is 17.3 Å². The molecule has 0 aliphatic carbocycles. The third kappa shape index (κ3) is 4.69. The Morgan fingerprint density at radius 3 is 2.47 bits per heavy atom. The Hall–Kier alpha value is -3.61. The highest BCUT2D eigenvalue weighted by atomic mass is 16.5. The first-order chi connectivity index (χ1) is 16.1. The van der Waals surface area contributed by atoms with Crippen molar-refractivity contribution in [1.82, 2.24) is 4.90 Å². The zero-order valence-electron chi connectivity index (χ0n) is 20.5. The average Bonchev–Trinajstić information content (AvgIpc) is 3.03. The van der Waals surface area contributed by atoms with Gasteiger partial charge in [-0.15, -0.1) is 0 Å². The standard InChI is InChI=1S/C27H31NO6/c1-7-11-28-24(18-9-8-10-19(13-18)34-17(5)29)23(26(31)27(28)32)25(30)21-14-20(15(2)3)22(33-6)12-16(21)4/h8-10,12-15,24,30H,7,11H2,1-6H3/b25-23+. The fraction of sp³-hybridized carbons (Fsp3) is 0.370. The van der Waals surface area contributed by atoms with Gasteiger partial charge in [0.25, 0.3) is 11.7 Å². The van der Waals surface area contributed by atoms with Crippen molar-refractivity contribution in [2.24, 2.45) is 0 Å². The number of esters is 1. The van der Waals surface area contributed by atoms with E-state index in [0.717, 1.165) is 5.56 Å². The van der Waals surface area contributed by atoms with Gasteiger partial charge in [-0.1, -0.05) is 32.9 Å². The quantitative estimate of drug-likeness (QED) is 0.206.